The smallest absolute Gasteiger partial charge is 0.251 e. The van der Waals surface area contributed by atoms with Gasteiger partial charge in [-0.25, -0.2) is 4.98 Å². The van der Waals surface area contributed by atoms with Gasteiger partial charge in [0.05, 0.1) is 18.5 Å². The fraction of sp³-hybridized carbons (Fsp3) is 0.440. The highest BCUT2D eigenvalue weighted by molar-refractivity contribution is 6.01. The Morgan fingerprint density at radius 3 is 2.48 bits per heavy atom. The number of rotatable bonds is 9. The second-order valence-electron chi connectivity index (χ2n) is 8.76. The summed E-state index contributed by atoms with van der Waals surface area (Å²) in [6.45, 7) is 5.85. The Morgan fingerprint density at radius 2 is 1.82 bits per heavy atom. The highest BCUT2D eigenvalue weighted by atomic mass is 16.2. The maximum absolute atomic E-state index is 13.7. The maximum Gasteiger partial charge on any atom is 0.251 e. The van der Waals surface area contributed by atoms with Crippen LogP contribution in [-0.2, 0) is 27.2 Å². The number of carbonyl (C=O) groups is 3. The second kappa shape index (κ2) is 11.0. The van der Waals surface area contributed by atoms with Crippen molar-refractivity contribution in [2.45, 2.75) is 51.7 Å². The number of hydrogen-bond acceptors (Lipinski definition) is 5. The minimum atomic E-state index is -0.705. The number of likely N-dealkylation sites (N-methyl/N-ethyl adjacent to an activating group) is 1. The van der Waals surface area contributed by atoms with Crippen LogP contribution in [-0.4, -0.2) is 54.4 Å². The third kappa shape index (κ3) is 5.96. The van der Waals surface area contributed by atoms with Crippen molar-refractivity contribution in [3.05, 3.63) is 59.8 Å². The zero-order chi connectivity index (χ0) is 24.0. The summed E-state index contributed by atoms with van der Waals surface area (Å²) in [5.41, 5.74) is 1.88. The van der Waals surface area contributed by atoms with Crippen LogP contribution in [0.5, 0.6) is 0 Å². The van der Waals surface area contributed by atoms with Crippen molar-refractivity contribution in [2.24, 2.45) is 5.92 Å². The summed E-state index contributed by atoms with van der Waals surface area (Å²) in [7, 11) is 1.70. The number of benzene rings is 1. The first-order valence-corrected chi connectivity index (χ1v) is 11.4. The molecule has 0 spiro atoms. The van der Waals surface area contributed by atoms with Crippen LogP contribution in [0.25, 0.3) is 0 Å². The molecule has 0 bridgehead atoms. The van der Waals surface area contributed by atoms with Gasteiger partial charge in [0.15, 0.2) is 0 Å². The number of nitrogens with one attached hydrogen (secondary N) is 3. The lowest BCUT2D eigenvalue weighted by atomic mass is 10.0. The fourth-order valence-electron chi connectivity index (χ4n) is 3.92. The molecule has 176 valence electrons. The van der Waals surface area contributed by atoms with Gasteiger partial charge in [-0.15, -0.1) is 0 Å². The third-order valence-corrected chi connectivity index (χ3v) is 5.95. The summed E-state index contributed by atoms with van der Waals surface area (Å²) in [4.78, 5) is 44.8. The molecule has 0 aliphatic carbocycles. The van der Waals surface area contributed by atoms with E-state index in [0.717, 1.165) is 11.1 Å². The first-order valence-electron chi connectivity index (χ1n) is 11.4. The molecule has 0 fully saturated rings. The summed E-state index contributed by atoms with van der Waals surface area (Å²) in [5, 5.41) is 8.75. The van der Waals surface area contributed by atoms with E-state index in [2.05, 4.69) is 20.9 Å². The highest BCUT2D eigenvalue weighted by Crippen LogP contribution is 2.31. The zero-order valence-corrected chi connectivity index (χ0v) is 19.7. The lowest BCUT2D eigenvalue weighted by Gasteiger charge is -2.31. The number of amides is 3. The van der Waals surface area contributed by atoms with Crippen molar-refractivity contribution < 1.29 is 14.4 Å². The van der Waals surface area contributed by atoms with E-state index in [1.54, 1.807) is 25.1 Å². The van der Waals surface area contributed by atoms with E-state index in [0.29, 0.717) is 18.8 Å². The Bertz CT molecular complexity index is 979. The topological polar surface area (TPSA) is 103 Å². The van der Waals surface area contributed by atoms with Gasteiger partial charge in [0.25, 0.3) is 5.91 Å². The summed E-state index contributed by atoms with van der Waals surface area (Å²) < 4.78 is 0. The molecule has 3 N–H and O–H groups in total. The van der Waals surface area contributed by atoms with Crippen LogP contribution >= 0.6 is 0 Å². The average Bonchev–Trinajstić information content (AvgIpc) is 3.19. The Hall–Kier alpha value is -3.26. The SMILES string of the molecule is CNC(C)C(=O)N[C@H](C(=O)N1c2ncccc2CC1CNC(=O)Cc1ccccc1)C(C)C. The molecule has 0 saturated heterocycles. The predicted octanol–water partition coefficient (Wildman–Crippen LogP) is 1.45. The van der Waals surface area contributed by atoms with E-state index < -0.39 is 12.1 Å². The number of hydrogen-bond donors (Lipinski definition) is 3. The summed E-state index contributed by atoms with van der Waals surface area (Å²) in [6.07, 6.45) is 2.52. The molecule has 0 saturated carbocycles. The number of fused-ring (bicyclic) bond motifs is 1. The van der Waals surface area contributed by atoms with Crippen molar-refractivity contribution >= 4 is 23.5 Å². The van der Waals surface area contributed by atoms with E-state index in [1.165, 1.54) is 0 Å². The van der Waals surface area contributed by atoms with Crippen LogP contribution in [0.2, 0.25) is 0 Å². The number of nitrogens with zero attached hydrogens (tertiary/aromatic N) is 2. The van der Waals surface area contributed by atoms with E-state index >= 15 is 0 Å². The first kappa shape index (κ1) is 24.4. The summed E-state index contributed by atoms with van der Waals surface area (Å²) in [5.74, 6) is -0.0915. The monoisotopic (exact) mass is 451 g/mol. The molecule has 0 radical (unpaired) electrons. The molecule has 3 rings (SSSR count). The lowest BCUT2D eigenvalue weighted by Crippen LogP contribution is -2.57. The highest BCUT2D eigenvalue weighted by Gasteiger charge is 2.39. The molecule has 2 heterocycles. The summed E-state index contributed by atoms with van der Waals surface area (Å²) >= 11 is 0. The molecular formula is C25H33N5O3. The van der Waals surface area contributed by atoms with Crippen LogP contribution in [0.1, 0.15) is 31.9 Å². The Morgan fingerprint density at radius 1 is 1.09 bits per heavy atom. The third-order valence-electron chi connectivity index (χ3n) is 5.95. The van der Waals surface area contributed by atoms with Crippen molar-refractivity contribution in [3.8, 4) is 0 Å². The van der Waals surface area contributed by atoms with Crippen LogP contribution in [0.15, 0.2) is 48.7 Å². The van der Waals surface area contributed by atoms with E-state index in [1.807, 2.05) is 56.3 Å². The fourth-order valence-corrected chi connectivity index (χ4v) is 3.92. The number of aromatic nitrogens is 1. The summed E-state index contributed by atoms with van der Waals surface area (Å²) in [6, 6.07) is 11.9. The van der Waals surface area contributed by atoms with Gasteiger partial charge in [-0.3, -0.25) is 19.3 Å². The molecule has 8 heteroatoms. The normalized spacial score (nSPS) is 16.8. The number of anilines is 1. The van der Waals surface area contributed by atoms with Gasteiger partial charge in [0.1, 0.15) is 11.9 Å². The van der Waals surface area contributed by atoms with Gasteiger partial charge < -0.3 is 16.0 Å². The molecule has 2 aromatic rings. The average molecular weight is 452 g/mol. The van der Waals surface area contributed by atoms with Crippen molar-refractivity contribution in [2.75, 3.05) is 18.5 Å². The van der Waals surface area contributed by atoms with Gasteiger partial charge in [-0.1, -0.05) is 50.2 Å². The van der Waals surface area contributed by atoms with Gasteiger partial charge in [0, 0.05) is 12.7 Å². The van der Waals surface area contributed by atoms with E-state index in [-0.39, 0.29) is 36.1 Å². The molecule has 1 aromatic carbocycles. The number of pyridine rings is 1. The maximum atomic E-state index is 13.7. The Kier molecular flexibility index (Phi) is 8.16. The standard InChI is InChI=1S/C25H33N5O3/c1-16(2)22(29-24(32)17(3)26-4)25(33)30-20(14-19-11-8-12-27-23(19)30)15-28-21(31)13-18-9-6-5-7-10-18/h5-12,16-17,20,22,26H,13-15H2,1-4H3,(H,28,31)(H,29,32)/t17?,20?,22-/m0/s1. The molecule has 8 nitrogen and oxygen atoms in total. The van der Waals surface area contributed by atoms with Crippen LogP contribution in [0.3, 0.4) is 0 Å². The van der Waals surface area contributed by atoms with E-state index in [9.17, 15) is 14.4 Å². The molecule has 1 aliphatic rings. The van der Waals surface area contributed by atoms with Crippen LogP contribution in [0, 0.1) is 5.92 Å². The molecule has 1 aliphatic heterocycles. The molecule has 2 unspecified atom stereocenters. The predicted molar refractivity (Wildman–Crippen MR) is 128 cm³/mol. The Labute approximate surface area is 195 Å². The largest absolute Gasteiger partial charge is 0.354 e. The lowest BCUT2D eigenvalue weighted by molar-refractivity contribution is -0.129. The van der Waals surface area contributed by atoms with Gasteiger partial charge in [0.2, 0.25) is 11.8 Å². The minimum Gasteiger partial charge on any atom is -0.354 e. The van der Waals surface area contributed by atoms with Gasteiger partial charge in [-0.05, 0) is 43.5 Å². The van der Waals surface area contributed by atoms with Crippen LogP contribution < -0.4 is 20.9 Å². The quantitative estimate of drug-likeness (QED) is 0.535. The molecule has 3 atom stereocenters. The van der Waals surface area contributed by atoms with Crippen molar-refractivity contribution in [1.82, 2.24) is 20.9 Å². The van der Waals surface area contributed by atoms with E-state index in [4.69, 9.17) is 0 Å². The molecule has 1 aromatic heterocycles. The van der Waals surface area contributed by atoms with Gasteiger partial charge >= 0.3 is 0 Å². The number of carbonyl (C=O) groups excluding carboxylic acids is 3. The van der Waals surface area contributed by atoms with Gasteiger partial charge in [-0.2, -0.15) is 0 Å². The van der Waals surface area contributed by atoms with Crippen molar-refractivity contribution in [3.63, 3.8) is 0 Å². The zero-order valence-electron chi connectivity index (χ0n) is 19.7. The van der Waals surface area contributed by atoms with Crippen molar-refractivity contribution in [1.29, 1.82) is 0 Å². The molecule has 3 amide bonds. The molecular weight excluding hydrogens is 418 g/mol. The first-order chi connectivity index (χ1) is 15.8. The second-order valence-corrected chi connectivity index (χ2v) is 8.76. The van der Waals surface area contributed by atoms with Crippen LogP contribution in [0.4, 0.5) is 5.82 Å². The Balaban J connectivity index is 1.76. The minimum absolute atomic E-state index is 0.103. The molecule has 33 heavy (non-hydrogen) atoms.